The van der Waals surface area contributed by atoms with Gasteiger partial charge in [-0.1, -0.05) is 60.7 Å². The van der Waals surface area contributed by atoms with Crippen molar-refractivity contribution in [3.63, 3.8) is 0 Å². The van der Waals surface area contributed by atoms with Crippen LogP contribution in [-0.4, -0.2) is 66.5 Å². The summed E-state index contributed by atoms with van der Waals surface area (Å²) in [5, 5.41) is 57.2. The molecule has 113 heavy (non-hydrogen) atoms. The van der Waals surface area contributed by atoms with Gasteiger partial charge in [0.25, 0.3) is 0 Å². The van der Waals surface area contributed by atoms with Crippen LogP contribution in [0.5, 0.6) is 34.5 Å². The van der Waals surface area contributed by atoms with Crippen molar-refractivity contribution >= 4 is 73.5 Å². The zero-order valence-corrected chi connectivity index (χ0v) is 67.1. The highest BCUT2D eigenvalue weighted by Crippen LogP contribution is 2.49. The summed E-state index contributed by atoms with van der Waals surface area (Å²) < 4.78 is 126. The van der Waals surface area contributed by atoms with E-state index in [0.29, 0.717) is 47.7 Å². The number of halogens is 9. The Morgan fingerprint density at radius 3 is 0.938 bits per heavy atom. The van der Waals surface area contributed by atoms with Crippen LogP contribution in [0.15, 0.2) is 158 Å². The van der Waals surface area contributed by atoms with E-state index >= 15 is 0 Å². The maximum Gasteiger partial charge on any atom is 0.417 e. The van der Waals surface area contributed by atoms with E-state index in [1.165, 1.54) is 34.3 Å². The average molecular weight is 1610 g/mol. The first kappa shape index (κ1) is 92.3. The molecule has 30 heteroatoms. The number of phenolic OH excluding ortho intramolecular Hbond substituents is 6. The number of rotatable bonds is 16. The van der Waals surface area contributed by atoms with Gasteiger partial charge in [-0.2, -0.15) is 39.5 Å². The molecule has 0 saturated carbocycles. The Morgan fingerprint density at radius 2 is 0.655 bits per heavy atom. The Hall–Kier alpha value is -11.3. The monoisotopic (exact) mass is 1610 g/mol. The molecule has 0 spiro atoms. The first-order valence-corrected chi connectivity index (χ1v) is 41.8. The molecule has 10 rings (SSSR count). The van der Waals surface area contributed by atoms with Gasteiger partial charge in [-0.25, -0.2) is 0 Å². The van der Waals surface area contributed by atoms with Crippen molar-refractivity contribution < 1.29 is 74.3 Å². The Labute approximate surface area is 655 Å². The lowest BCUT2D eigenvalue weighted by molar-refractivity contribution is -0.173. The smallest absolute Gasteiger partial charge is 0.417 e. The van der Waals surface area contributed by atoms with E-state index in [4.69, 9.17) is 72.9 Å². The maximum absolute atomic E-state index is 13.7. The fourth-order valence-corrected chi connectivity index (χ4v) is 21.3. The number of aryl methyl sites for hydroxylation is 4. The number of alkyl halides is 9. The van der Waals surface area contributed by atoms with Crippen molar-refractivity contribution in [1.82, 2.24) is 0 Å². The van der Waals surface area contributed by atoms with Gasteiger partial charge in [0, 0.05) is 22.7 Å². The summed E-state index contributed by atoms with van der Waals surface area (Å²) in [4.78, 5) is 0. The highest BCUT2D eigenvalue weighted by molar-refractivity contribution is 6.84. The van der Waals surface area contributed by atoms with Crippen LogP contribution < -0.4 is 68.8 Å². The largest absolute Gasteiger partial charge is 0.506 e. The van der Waals surface area contributed by atoms with Gasteiger partial charge in [0.2, 0.25) is 0 Å². The average Bonchev–Trinajstić information content (AvgIpc) is 0.751. The molecule has 0 fully saturated rings. The minimum atomic E-state index is -4.84. The Morgan fingerprint density at radius 1 is 0.354 bits per heavy atom. The molecule has 0 aliphatic rings. The standard InChI is InChI=1S/C17H22N2O2.C15H15F3N2O2.C14H10F6N2.C14H16N2.C13H14N2O2.C10H28N2OSi2/c1-8-5-12(10(3)14(18)16(8)20)7-13-6-9(2)17(21)15(19)11(13)4;1-14(15(16,17)18,8-2-4-12(21)10(19)6-8)9-3-5-13(22)11(20)7-9;15-13(16,17)11-5-7(21)1-3-9(11)10-4-2-8(22)6-12(10)14(18,19)20;1-9-7-11(15)3-5-13(9)14-6-4-12(16)8-10(14)2;14-10-6-8(1-3-12(10)16)5-9-2-4-13(17)11(15)7-9;1-14(2,9-5-7-11)13-15(3,4)10-6-8-12/h5-6,20-21H,7,18-19H2,1-4H3;2-7,21-22H,19-20H2,1H3;1-6H,21-22H2;3-8H,15-16H2,1-2H3;1-4,6-7,16-17H,5,14-15H2;5-12H2,1-4H3. The van der Waals surface area contributed by atoms with E-state index in [0.717, 1.165) is 149 Å². The summed E-state index contributed by atoms with van der Waals surface area (Å²) >= 11 is 0. The molecular formula is C83H105F9N12O7Si2. The van der Waals surface area contributed by atoms with Gasteiger partial charge in [-0.3, -0.25) is 0 Å². The molecule has 0 radical (unpaired) electrons. The van der Waals surface area contributed by atoms with E-state index in [2.05, 4.69) is 52.2 Å². The minimum absolute atomic E-state index is 0.0824. The second kappa shape index (κ2) is 38.3. The first-order chi connectivity index (χ1) is 52.3. The number of benzene rings is 10. The van der Waals surface area contributed by atoms with Crippen LogP contribution in [0.4, 0.5) is 96.4 Å². The van der Waals surface area contributed by atoms with Gasteiger partial charge >= 0.3 is 18.5 Å². The zero-order valence-electron chi connectivity index (χ0n) is 65.1. The normalized spacial score (nSPS) is 11.6. The van der Waals surface area contributed by atoms with Crippen LogP contribution in [0.2, 0.25) is 38.3 Å². The van der Waals surface area contributed by atoms with Crippen LogP contribution in [-0.2, 0) is 34.7 Å². The van der Waals surface area contributed by atoms with E-state index < -0.39 is 62.8 Å². The van der Waals surface area contributed by atoms with Crippen LogP contribution in [0.1, 0.15) is 97.7 Å². The van der Waals surface area contributed by atoms with Crippen LogP contribution in [0.25, 0.3) is 22.3 Å². The molecular weight excluding hydrogens is 1500 g/mol. The number of aromatic hydroxyl groups is 6. The summed E-state index contributed by atoms with van der Waals surface area (Å²) in [6.07, 6.45) is -10.8. The molecule has 0 amide bonds. The summed E-state index contributed by atoms with van der Waals surface area (Å²) in [6.45, 7) is 23.4. The van der Waals surface area contributed by atoms with Gasteiger partial charge < -0.3 is 104 Å². The number of hydrogen-bond acceptors (Lipinski definition) is 19. The van der Waals surface area contributed by atoms with Crippen LogP contribution in [0.3, 0.4) is 0 Å². The Kier molecular flexibility index (Phi) is 31.3. The summed E-state index contributed by atoms with van der Waals surface area (Å²) in [5.41, 5.74) is 75.6. The highest BCUT2D eigenvalue weighted by atomic mass is 28.4. The molecule has 19 nitrogen and oxygen atoms in total. The van der Waals surface area contributed by atoms with Crippen LogP contribution in [0, 0.1) is 41.5 Å². The number of phenols is 6. The van der Waals surface area contributed by atoms with Crippen molar-refractivity contribution in [2.75, 3.05) is 70.4 Å². The van der Waals surface area contributed by atoms with Crippen molar-refractivity contribution in [2.24, 2.45) is 11.5 Å². The van der Waals surface area contributed by atoms with E-state index in [9.17, 15) is 70.2 Å². The zero-order chi connectivity index (χ0) is 85.4. The molecule has 0 bridgehead atoms. The number of anilines is 10. The lowest BCUT2D eigenvalue weighted by atomic mass is 9.75. The van der Waals surface area contributed by atoms with E-state index in [-0.39, 0.29) is 68.4 Å². The highest BCUT2D eigenvalue weighted by Gasteiger charge is 2.54. The third-order valence-corrected chi connectivity index (χ3v) is 26.4. The fraction of sp³-hybridized carbons (Fsp3) is 0.277. The molecule has 10 aromatic carbocycles. The lowest BCUT2D eigenvalue weighted by Gasteiger charge is -2.34. The molecule has 0 atom stereocenters. The van der Waals surface area contributed by atoms with Crippen molar-refractivity contribution in [1.29, 1.82) is 0 Å². The predicted molar refractivity (Wildman–Crippen MR) is 446 cm³/mol. The Balaban J connectivity index is 0.000000244. The molecule has 0 aromatic heterocycles. The van der Waals surface area contributed by atoms with Gasteiger partial charge in [0.15, 0.2) is 16.6 Å². The lowest BCUT2D eigenvalue weighted by Crippen LogP contribution is -2.44. The van der Waals surface area contributed by atoms with Crippen molar-refractivity contribution in [3.8, 4) is 56.8 Å². The third-order valence-electron chi connectivity index (χ3n) is 18.9. The SMILES string of the molecule is CC(c1ccc(O)c(N)c1)(c1ccc(O)c(N)c1)C(F)(F)F.C[Si](C)(CCCN)O[Si](C)(C)CCCN.Cc1cc(Cc2cc(C)c(O)c(N)c2C)c(C)c(N)c1O.Cc1cc(N)ccc1-c1ccc(N)cc1C.Nc1cc(Cc2ccc(O)c(N)c2)ccc1O.Nc1ccc(-c2ccc(N)cc2C(F)(F)F)c(C(F)(F)F)c1. The molecule has 0 saturated heterocycles. The van der Waals surface area contributed by atoms with Gasteiger partial charge in [-0.05, 0) is 312 Å². The minimum Gasteiger partial charge on any atom is -0.506 e. The second-order valence-corrected chi connectivity index (χ2v) is 37.8. The van der Waals surface area contributed by atoms with Crippen LogP contribution >= 0.6 is 0 Å². The number of nitrogen functional groups attached to an aromatic ring is 10. The quantitative estimate of drug-likeness (QED) is 0.0185. The van der Waals surface area contributed by atoms with E-state index in [1.54, 1.807) is 36.4 Å². The topological polar surface area (TPSA) is 443 Å². The molecule has 10 aromatic rings. The second-order valence-electron chi connectivity index (χ2n) is 28.9. The predicted octanol–water partition coefficient (Wildman–Crippen LogP) is 17.9. The molecule has 0 heterocycles. The van der Waals surface area contributed by atoms with Gasteiger partial charge in [-0.15, -0.1) is 0 Å². The summed E-state index contributed by atoms with van der Waals surface area (Å²) in [5.74, 6) is -0.126. The Bertz CT molecular complexity index is 4660. The summed E-state index contributed by atoms with van der Waals surface area (Å²) in [6, 6.07) is 40.3. The fourth-order valence-electron chi connectivity index (χ4n) is 12.4. The molecule has 0 unspecified atom stereocenters. The third kappa shape index (κ3) is 25.1. The molecule has 0 aliphatic heterocycles. The van der Waals surface area contributed by atoms with E-state index in [1.807, 2.05) is 64.1 Å². The number of nitrogens with two attached hydrogens (primary N) is 12. The first-order valence-electron chi connectivity index (χ1n) is 35.6. The number of hydrogen-bond donors (Lipinski definition) is 18. The molecule has 30 N–H and O–H groups in total. The molecule has 0 aliphatic carbocycles. The summed E-state index contributed by atoms with van der Waals surface area (Å²) in [7, 11) is -2.94. The maximum atomic E-state index is 13.7. The van der Waals surface area contributed by atoms with Crippen molar-refractivity contribution in [2.45, 2.75) is 136 Å². The molecule has 610 valence electrons. The van der Waals surface area contributed by atoms with Gasteiger partial charge in [0.05, 0.1) is 45.3 Å². The van der Waals surface area contributed by atoms with Gasteiger partial charge in [0.1, 0.15) is 39.9 Å². The van der Waals surface area contributed by atoms with Crippen molar-refractivity contribution in [3.05, 3.63) is 236 Å².